The van der Waals surface area contributed by atoms with Gasteiger partial charge in [0, 0.05) is 38.2 Å². The molecule has 0 unspecified atom stereocenters. The van der Waals surface area contributed by atoms with Gasteiger partial charge in [0.05, 0.1) is 22.6 Å². The van der Waals surface area contributed by atoms with Crippen molar-refractivity contribution in [2.45, 2.75) is 53.5 Å². The van der Waals surface area contributed by atoms with Gasteiger partial charge in [-0.1, -0.05) is 13.8 Å². The van der Waals surface area contributed by atoms with Gasteiger partial charge in [0.2, 0.25) is 5.91 Å². The van der Waals surface area contributed by atoms with Crippen molar-refractivity contribution in [1.82, 2.24) is 19.7 Å². The Morgan fingerprint density at radius 1 is 1.32 bits per heavy atom. The van der Waals surface area contributed by atoms with E-state index < -0.39 is 0 Å². The molecule has 1 saturated heterocycles. The van der Waals surface area contributed by atoms with Crippen molar-refractivity contribution in [2.24, 2.45) is 11.8 Å². The fraction of sp³-hybridized carbons (Fsp3) is 0.600. The number of likely N-dealkylation sites (tertiary alicyclic amines) is 1. The molecule has 1 aliphatic rings. The maximum absolute atomic E-state index is 12.9. The number of rotatable bonds is 6. The number of nitrogens with one attached hydrogen (secondary N) is 1. The second kappa shape index (κ2) is 8.86. The van der Waals surface area contributed by atoms with Crippen LogP contribution in [-0.4, -0.2) is 44.6 Å². The Hall–Kier alpha value is -2.22. The Bertz CT molecular complexity index is 834. The SMILES string of the molecule is CCn1cc(NC(=O)C2CCN(C(=O)c3sc(CC(C)C)nc3C)CC2)cn1. The van der Waals surface area contributed by atoms with Gasteiger partial charge >= 0.3 is 0 Å². The summed E-state index contributed by atoms with van der Waals surface area (Å²) in [5.41, 5.74) is 1.54. The van der Waals surface area contributed by atoms with Gasteiger partial charge in [-0.3, -0.25) is 14.3 Å². The smallest absolute Gasteiger partial charge is 0.265 e. The van der Waals surface area contributed by atoms with Gasteiger partial charge in [-0.15, -0.1) is 11.3 Å². The Morgan fingerprint density at radius 2 is 2.04 bits per heavy atom. The second-order valence-corrected chi connectivity index (χ2v) is 8.84. The van der Waals surface area contributed by atoms with Crippen LogP contribution in [0.2, 0.25) is 0 Å². The van der Waals surface area contributed by atoms with Crippen LogP contribution in [0.25, 0.3) is 0 Å². The summed E-state index contributed by atoms with van der Waals surface area (Å²) in [7, 11) is 0. The van der Waals surface area contributed by atoms with E-state index in [4.69, 9.17) is 0 Å². The highest BCUT2D eigenvalue weighted by Crippen LogP contribution is 2.26. The molecule has 28 heavy (non-hydrogen) atoms. The molecule has 1 fully saturated rings. The zero-order chi connectivity index (χ0) is 20.3. The first-order chi connectivity index (χ1) is 13.4. The number of piperidine rings is 1. The lowest BCUT2D eigenvalue weighted by atomic mass is 9.95. The molecular formula is C20H29N5O2S. The standard InChI is InChI=1S/C20H29N5O2S/c1-5-25-12-16(11-21-25)23-19(26)15-6-8-24(9-7-15)20(27)18-14(4)22-17(28-18)10-13(2)3/h11-13,15H,5-10H2,1-4H3,(H,23,26). The van der Waals surface area contributed by atoms with Crippen molar-refractivity contribution in [2.75, 3.05) is 18.4 Å². The number of amides is 2. The highest BCUT2D eigenvalue weighted by molar-refractivity contribution is 7.13. The number of carbonyl (C=O) groups excluding carboxylic acids is 2. The summed E-state index contributed by atoms with van der Waals surface area (Å²) in [5, 5.41) is 8.14. The largest absolute Gasteiger partial charge is 0.338 e. The Labute approximate surface area is 170 Å². The van der Waals surface area contributed by atoms with Crippen LogP contribution < -0.4 is 5.32 Å². The highest BCUT2D eigenvalue weighted by Gasteiger charge is 2.29. The molecule has 7 nitrogen and oxygen atoms in total. The van der Waals surface area contributed by atoms with E-state index in [0.29, 0.717) is 31.8 Å². The summed E-state index contributed by atoms with van der Waals surface area (Å²) in [6.45, 7) is 10.2. The van der Waals surface area contributed by atoms with Gasteiger partial charge in [0.15, 0.2) is 0 Å². The highest BCUT2D eigenvalue weighted by atomic mass is 32.1. The Morgan fingerprint density at radius 3 is 2.64 bits per heavy atom. The van der Waals surface area contributed by atoms with Crippen LogP contribution in [-0.2, 0) is 17.8 Å². The molecule has 2 aromatic rings. The van der Waals surface area contributed by atoms with Crippen LogP contribution in [0.5, 0.6) is 0 Å². The molecule has 3 heterocycles. The van der Waals surface area contributed by atoms with Gasteiger partial charge in [0.25, 0.3) is 5.91 Å². The third kappa shape index (κ3) is 4.79. The van der Waals surface area contributed by atoms with Crippen molar-refractivity contribution in [3.8, 4) is 0 Å². The second-order valence-electron chi connectivity index (χ2n) is 7.76. The summed E-state index contributed by atoms with van der Waals surface area (Å²) in [6, 6.07) is 0. The quantitative estimate of drug-likeness (QED) is 0.802. The molecule has 2 amide bonds. The molecule has 2 aromatic heterocycles. The fourth-order valence-electron chi connectivity index (χ4n) is 3.42. The molecule has 0 radical (unpaired) electrons. The topological polar surface area (TPSA) is 80.1 Å². The summed E-state index contributed by atoms with van der Waals surface area (Å²) in [5.74, 6) is 0.504. The molecule has 0 spiro atoms. The van der Waals surface area contributed by atoms with Gasteiger partial charge in [-0.2, -0.15) is 5.10 Å². The van der Waals surface area contributed by atoms with Gasteiger partial charge in [-0.05, 0) is 32.6 Å². The third-order valence-corrected chi connectivity index (χ3v) is 6.16. The molecule has 0 bridgehead atoms. The zero-order valence-electron chi connectivity index (χ0n) is 17.1. The van der Waals surface area contributed by atoms with Crippen LogP contribution in [0.3, 0.4) is 0 Å². The summed E-state index contributed by atoms with van der Waals surface area (Å²) in [6.07, 6.45) is 5.75. The van der Waals surface area contributed by atoms with E-state index in [-0.39, 0.29) is 17.7 Å². The predicted molar refractivity (Wildman–Crippen MR) is 111 cm³/mol. The summed E-state index contributed by atoms with van der Waals surface area (Å²) < 4.78 is 1.78. The van der Waals surface area contributed by atoms with E-state index in [1.165, 1.54) is 11.3 Å². The maximum atomic E-state index is 12.9. The lowest BCUT2D eigenvalue weighted by Gasteiger charge is -2.31. The van der Waals surface area contributed by atoms with Crippen molar-refractivity contribution in [1.29, 1.82) is 0 Å². The summed E-state index contributed by atoms with van der Waals surface area (Å²) in [4.78, 5) is 32.6. The molecule has 0 aliphatic carbocycles. The van der Waals surface area contributed by atoms with Gasteiger partial charge in [-0.25, -0.2) is 4.98 Å². The number of carbonyl (C=O) groups is 2. The minimum atomic E-state index is -0.0758. The first kappa shape index (κ1) is 20.5. The van der Waals surface area contributed by atoms with Gasteiger partial charge < -0.3 is 10.2 Å². The van der Waals surface area contributed by atoms with Crippen LogP contribution in [0.4, 0.5) is 5.69 Å². The van der Waals surface area contributed by atoms with E-state index >= 15 is 0 Å². The molecule has 1 N–H and O–H groups in total. The molecule has 8 heteroatoms. The van der Waals surface area contributed by atoms with Crippen LogP contribution in [0.1, 0.15) is 54.0 Å². The first-order valence-electron chi connectivity index (χ1n) is 9.96. The lowest BCUT2D eigenvalue weighted by molar-refractivity contribution is -0.121. The van der Waals surface area contributed by atoms with Crippen LogP contribution in [0.15, 0.2) is 12.4 Å². The van der Waals surface area contributed by atoms with Crippen molar-refractivity contribution >= 4 is 28.8 Å². The van der Waals surface area contributed by atoms with Crippen molar-refractivity contribution < 1.29 is 9.59 Å². The number of nitrogens with zero attached hydrogens (tertiary/aromatic N) is 4. The molecule has 3 rings (SSSR count). The van der Waals surface area contributed by atoms with Gasteiger partial charge in [0.1, 0.15) is 4.88 Å². The van der Waals surface area contributed by atoms with E-state index in [1.54, 1.807) is 10.9 Å². The Kier molecular flexibility index (Phi) is 6.49. The zero-order valence-corrected chi connectivity index (χ0v) is 17.9. The third-order valence-electron chi connectivity index (χ3n) is 5.00. The van der Waals surface area contributed by atoms with Crippen molar-refractivity contribution in [3.05, 3.63) is 28.0 Å². The minimum Gasteiger partial charge on any atom is -0.338 e. The minimum absolute atomic E-state index is 0.0101. The average molecular weight is 404 g/mol. The molecule has 0 atom stereocenters. The molecule has 0 saturated carbocycles. The molecule has 152 valence electrons. The number of aryl methyl sites for hydroxylation is 2. The maximum Gasteiger partial charge on any atom is 0.265 e. The van der Waals surface area contributed by atoms with Crippen LogP contribution in [0, 0.1) is 18.8 Å². The lowest BCUT2D eigenvalue weighted by Crippen LogP contribution is -2.41. The van der Waals surface area contributed by atoms with E-state index in [1.807, 2.05) is 24.9 Å². The van der Waals surface area contributed by atoms with Crippen LogP contribution >= 0.6 is 11.3 Å². The molecular weight excluding hydrogens is 374 g/mol. The average Bonchev–Trinajstić information content (AvgIpc) is 3.26. The Balaban J connectivity index is 1.55. The number of hydrogen-bond acceptors (Lipinski definition) is 5. The van der Waals surface area contributed by atoms with Crippen molar-refractivity contribution in [3.63, 3.8) is 0 Å². The summed E-state index contributed by atoms with van der Waals surface area (Å²) >= 11 is 1.51. The molecule has 1 aliphatic heterocycles. The molecule has 0 aromatic carbocycles. The number of aromatic nitrogens is 3. The fourth-order valence-corrected chi connectivity index (χ4v) is 4.67. The normalized spacial score (nSPS) is 15.2. The first-order valence-corrected chi connectivity index (χ1v) is 10.8. The number of hydrogen-bond donors (Lipinski definition) is 1. The number of anilines is 1. The van der Waals surface area contributed by atoms with E-state index in [2.05, 4.69) is 29.2 Å². The monoisotopic (exact) mass is 403 g/mol. The van der Waals surface area contributed by atoms with E-state index in [0.717, 1.165) is 34.2 Å². The van der Waals surface area contributed by atoms with E-state index in [9.17, 15) is 9.59 Å². The number of thiazole rings is 1. The predicted octanol–water partition coefficient (Wildman–Crippen LogP) is 3.36.